The van der Waals surface area contributed by atoms with E-state index in [1.807, 2.05) is 6.29 Å². The minimum Gasteiger partial charge on any atom is -0.299 e. The van der Waals surface area contributed by atoms with Crippen molar-refractivity contribution >= 4 is 6.29 Å². The van der Waals surface area contributed by atoms with E-state index in [-0.39, 0.29) is 12.6 Å². The number of benzene rings is 2. The summed E-state index contributed by atoms with van der Waals surface area (Å²) in [5.41, 5.74) is 5.29. The van der Waals surface area contributed by atoms with Gasteiger partial charge in [0.1, 0.15) is 0 Å². The molecule has 3 rings (SSSR count). The second-order valence-corrected chi connectivity index (χ2v) is 4.86. The van der Waals surface area contributed by atoms with Gasteiger partial charge in [-0.25, -0.2) is 0 Å². The van der Waals surface area contributed by atoms with Crippen molar-refractivity contribution in [1.82, 2.24) is 5.32 Å². The molecule has 0 saturated carbocycles. The van der Waals surface area contributed by atoms with Crippen LogP contribution in [-0.4, -0.2) is 12.8 Å². The summed E-state index contributed by atoms with van der Waals surface area (Å²) in [6, 6.07) is 17.0. The second-order valence-electron chi connectivity index (χ2n) is 4.86. The molecule has 2 nitrogen and oxygen atoms in total. The Morgan fingerprint density at radius 2 is 1.47 bits per heavy atom. The van der Waals surface area contributed by atoms with Crippen LogP contribution in [0.3, 0.4) is 0 Å². The second kappa shape index (κ2) is 5.37. The third-order valence-electron chi connectivity index (χ3n) is 3.77. The number of rotatable bonds is 3. The molecule has 2 aromatic carbocycles. The fourth-order valence-electron chi connectivity index (χ4n) is 2.89. The predicted octanol–water partition coefficient (Wildman–Crippen LogP) is 2.57. The monoisotopic (exact) mass is 250 g/mol. The van der Waals surface area contributed by atoms with Crippen LogP contribution in [-0.2, 0) is 17.6 Å². The molecule has 1 aliphatic carbocycles. The molecule has 0 atom stereocenters. The van der Waals surface area contributed by atoms with Crippen molar-refractivity contribution in [3.63, 3.8) is 0 Å². The fourth-order valence-corrected chi connectivity index (χ4v) is 2.89. The van der Waals surface area contributed by atoms with E-state index in [0.29, 0.717) is 0 Å². The number of hydrogen-bond acceptors (Lipinski definition) is 2. The zero-order valence-electron chi connectivity index (χ0n) is 10.7. The van der Waals surface area contributed by atoms with Crippen molar-refractivity contribution in [2.75, 3.05) is 6.54 Å². The van der Waals surface area contributed by atoms with Crippen LogP contribution in [0.5, 0.6) is 0 Å². The van der Waals surface area contributed by atoms with E-state index in [1.54, 1.807) is 0 Å². The van der Waals surface area contributed by atoms with Crippen molar-refractivity contribution in [2.24, 2.45) is 0 Å². The third kappa shape index (κ3) is 2.32. The molecule has 2 aromatic rings. The smallest absolute Gasteiger partial charge is 0.213 e. The number of aryl methyl sites for hydroxylation is 2. The summed E-state index contributed by atoms with van der Waals surface area (Å²) >= 11 is 0. The average molecular weight is 250 g/mol. The molecule has 0 aliphatic heterocycles. The van der Waals surface area contributed by atoms with Crippen LogP contribution in [0.4, 0.5) is 0 Å². The lowest BCUT2D eigenvalue weighted by Crippen LogP contribution is -2.25. The maximum atomic E-state index is 10.6. The molecule has 0 aromatic heterocycles. The Hall–Kier alpha value is -1.93. The number of fused-ring (bicyclic) bond motifs is 2. The molecule has 95 valence electrons. The molecule has 1 radical (unpaired) electrons. The summed E-state index contributed by atoms with van der Waals surface area (Å²) in [7, 11) is 0. The average Bonchev–Trinajstić information content (AvgIpc) is 2.62. The van der Waals surface area contributed by atoms with Gasteiger partial charge < -0.3 is 0 Å². The summed E-state index contributed by atoms with van der Waals surface area (Å²) in [6.07, 6.45) is 4.04. The Morgan fingerprint density at radius 3 is 2.00 bits per heavy atom. The van der Waals surface area contributed by atoms with Crippen LogP contribution in [0, 0.1) is 0 Å². The van der Waals surface area contributed by atoms with E-state index in [0.717, 1.165) is 12.8 Å². The summed E-state index contributed by atoms with van der Waals surface area (Å²) in [4.78, 5) is 10.6. The molecular weight excluding hydrogens is 234 g/mol. The van der Waals surface area contributed by atoms with Gasteiger partial charge in [0.05, 0.1) is 12.6 Å². The molecule has 0 heterocycles. The highest BCUT2D eigenvalue weighted by Crippen LogP contribution is 2.32. The number of carbonyl (C=O) groups excluding carboxylic acids is 1. The molecule has 0 unspecified atom stereocenters. The summed E-state index contributed by atoms with van der Waals surface area (Å²) in [6.45, 7) is 0.257. The number of hydrogen-bond donors (Lipinski definition) is 1. The fraction of sp³-hybridized carbons (Fsp3) is 0.235. The van der Waals surface area contributed by atoms with Crippen LogP contribution in [0.2, 0.25) is 0 Å². The minimum atomic E-state index is 0.0938. The topological polar surface area (TPSA) is 29.1 Å². The maximum absolute atomic E-state index is 10.6. The van der Waals surface area contributed by atoms with Gasteiger partial charge in [-0.3, -0.25) is 10.1 Å². The van der Waals surface area contributed by atoms with Crippen molar-refractivity contribution in [2.45, 2.75) is 18.9 Å². The third-order valence-corrected chi connectivity index (χ3v) is 3.77. The van der Waals surface area contributed by atoms with Gasteiger partial charge in [0.25, 0.3) is 0 Å². The van der Waals surface area contributed by atoms with Gasteiger partial charge in [0.2, 0.25) is 6.29 Å². The molecule has 2 heteroatoms. The molecule has 1 aliphatic rings. The first-order valence-corrected chi connectivity index (χ1v) is 6.64. The summed E-state index contributed by atoms with van der Waals surface area (Å²) in [5, 5.41) is 3.30. The van der Waals surface area contributed by atoms with Crippen LogP contribution in [0.25, 0.3) is 0 Å². The van der Waals surface area contributed by atoms with Gasteiger partial charge in [-0.15, -0.1) is 0 Å². The number of nitrogens with one attached hydrogen (secondary N) is 1. The van der Waals surface area contributed by atoms with E-state index in [2.05, 4.69) is 53.8 Å². The lowest BCUT2D eigenvalue weighted by molar-refractivity contribution is 0.541. The first kappa shape index (κ1) is 12.1. The molecule has 0 bridgehead atoms. The first-order valence-electron chi connectivity index (χ1n) is 6.64. The van der Waals surface area contributed by atoms with Crippen LogP contribution in [0.1, 0.15) is 28.3 Å². The normalized spacial score (nSPS) is 14.3. The lowest BCUT2D eigenvalue weighted by atomic mass is 9.95. The molecule has 19 heavy (non-hydrogen) atoms. The summed E-state index contributed by atoms with van der Waals surface area (Å²) < 4.78 is 0. The van der Waals surface area contributed by atoms with E-state index < -0.39 is 0 Å². The van der Waals surface area contributed by atoms with Crippen molar-refractivity contribution < 1.29 is 4.79 Å². The van der Waals surface area contributed by atoms with Crippen molar-refractivity contribution in [3.05, 3.63) is 70.8 Å². The standard InChI is InChI=1S/C17H16NO/c19-12-11-18-17-15-7-3-1-5-13(15)9-10-14-6-2-4-8-16(14)17/h1-8,17-18H,9-11H2. The van der Waals surface area contributed by atoms with E-state index >= 15 is 0 Å². The summed E-state index contributed by atoms with van der Waals surface area (Å²) in [5.74, 6) is 0. The highest BCUT2D eigenvalue weighted by atomic mass is 16.1. The van der Waals surface area contributed by atoms with Gasteiger partial charge in [0.15, 0.2) is 0 Å². The van der Waals surface area contributed by atoms with Crippen molar-refractivity contribution in [1.29, 1.82) is 0 Å². The lowest BCUT2D eigenvalue weighted by Gasteiger charge is -2.20. The van der Waals surface area contributed by atoms with E-state index in [9.17, 15) is 4.79 Å². The first-order chi connectivity index (χ1) is 9.40. The van der Waals surface area contributed by atoms with Gasteiger partial charge in [0, 0.05) is 0 Å². The van der Waals surface area contributed by atoms with Crippen LogP contribution < -0.4 is 5.32 Å². The van der Waals surface area contributed by atoms with Crippen LogP contribution >= 0.6 is 0 Å². The van der Waals surface area contributed by atoms with Crippen molar-refractivity contribution in [3.8, 4) is 0 Å². The molecule has 0 fully saturated rings. The Balaban J connectivity index is 2.10. The Labute approximate surface area is 113 Å². The minimum absolute atomic E-state index is 0.0938. The van der Waals surface area contributed by atoms with Gasteiger partial charge in [-0.1, -0.05) is 48.5 Å². The largest absolute Gasteiger partial charge is 0.299 e. The maximum Gasteiger partial charge on any atom is 0.213 e. The van der Waals surface area contributed by atoms with E-state index in [1.165, 1.54) is 22.3 Å². The van der Waals surface area contributed by atoms with Gasteiger partial charge in [-0.05, 0) is 35.1 Å². The zero-order chi connectivity index (χ0) is 13.1. The highest BCUT2D eigenvalue weighted by Gasteiger charge is 2.22. The van der Waals surface area contributed by atoms with E-state index in [4.69, 9.17) is 0 Å². The van der Waals surface area contributed by atoms with Gasteiger partial charge >= 0.3 is 0 Å². The Bertz CT molecular complexity index is 544. The predicted molar refractivity (Wildman–Crippen MR) is 75.8 cm³/mol. The molecule has 0 amide bonds. The molecular formula is C17H16NO. The Morgan fingerprint density at radius 1 is 0.947 bits per heavy atom. The highest BCUT2D eigenvalue weighted by molar-refractivity contribution is 5.54. The quantitative estimate of drug-likeness (QED) is 0.907. The molecule has 1 N–H and O–H groups in total. The zero-order valence-corrected chi connectivity index (χ0v) is 10.7. The molecule has 0 saturated heterocycles. The molecule has 0 spiro atoms. The Kier molecular flexibility index (Phi) is 3.43. The SMILES string of the molecule is O=[C]CNC1c2ccccc2CCc2ccccc21. The van der Waals surface area contributed by atoms with Crippen LogP contribution in [0.15, 0.2) is 48.5 Å². The van der Waals surface area contributed by atoms with Gasteiger partial charge in [-0.2, -0.15) is 0 Å².